The van der Waals surface area contributed by atoms with E-state index >= 15 is 0 Å². The molecule has 2 rings (SSSR count). The molecule has 1 aliphatic heterocycles. The minimum absolute atomic E-state index is 0.0167. The van der Waals surface area contributed by atoms with E-state index in [1.807, 2.05) is 0 Å². The fourth-order valence-electron chi connectivity index (χ4n) is 2.26. The second kappa shape index (κ2) is 6.19. The Kier molecular flexibility index (Phi) is 4.65. The van der Waals surface area contributed by atoms with Crippen molar-refractivity contribution in [1.29, 1.82) is 0 Å². The molecule has 0 bridgehead atoms. The molecule has 1 heterocycles. The lowest BCUT2D eigenvalue weighted by Gasteiger charge is -2.25. The minimum atomic E-state index is -4.88. The summed E-state index contributed by atoms with van der Waals surface area (Å²) in [5.41, 5.74) is -2.12. The largest absolute Gasteiger partial charge is 0.417 e. The first-order chi connectivity index (χ1) is 10.6. The summed E-state index contributed by atoms with van der Waals surface area (Å²) in [5, 5.41) is 11.6. The average molecular weight is 330 g/mol. The van der Waals surface area contributed by atoms with Crippen LogP contribution in [0.4, 0.5) is 24.5 Å². The van der Waals surface area contributed by atoms with Gasteiger partial charge in [0.2, 0.25) is 11.8 Å². The third kappa shape index (κ3) is 4.01. The highest BCUT2D eigenvalue weighted by molar-refractivity contribution is 5.96. The molecular formula is C15H17F3N2O3. The Balaban J connectivity index is 1.98. The van der Waals surface area contributed by atoms with E-state index in [1.165, 1.54) is 12.1 Å². The van der Waals surface area contributed by atoms with E-state index in [2.05, 4.69) is 5.32 Å². The van der Waals surface area contributed by atoms with Crippen molar-refractivity contribution in [2.45, 2.75) is 38.0 Å². The van der Waals surface area contributed by atoms with Crippen LogP contribution in [0.3, 0.4) is 0 Å². The van der Waals surface area contributed by atoms with E-state index in [9.17, 15) is 27.9 Å². The quantitative estimate of drug-likeness (QED) is 0.891. The molecule has 8 heteroatoms. The zero-order valence-electron chi connectivity index (χ0n) is 12.5. The number of halogens is 3. The summed E-state index contributed by atoms with van der Waals surface area (Å²) in [4.78, 5) is 24.9. The number of amides is 2. The predicted molar refractivity (Wildman–Crippen MR) is 78.0 cm³/mol. The van der Waals surface area contributed by atoms with Gasteiger partial charge >= 0.3 is 6.18 Å². The predicted octanol–water partition coefficient (Wildman–Crippen LogP) is 2.46. The molecule has 2 N–H and O–H groups in total. The molecule has 0 saturated carbocycles. The van der Waals surface area contributed by atoms with Gasteiger partial charge in [-0.05, 0) is 37.6 Å². The number of nitrogens with zero attached hydrogens (tertiary/aromatic N) is 1. The van der Waals surface area contributed by atoms with E-state index < -0.39 is 24.1 Å². The Morgan fingerprint density at radius 3 is 2.39 bits per heavy atom. The second-order valence-corrected chi connectivity index (χ2v) is 5.69. The normalized spacial score (nSPS) is 18.0. The molecule has 126 valence electrons. The van der Waals surface area contributed by atoms with Crippen LogP contribution in [0.25, 0.3) is 0 Å². The maximum Gasteiger partial charge on any atom is 0.417 e. The van der Waals surface area contributed by atoms with Crippen molar-refractivity contribution in [3.63, 3.8) is 0 Å². The molecule has 1 fully saturated rings. The lowest BCUT2D eigenvalue weighted by molar-refractivity contribution is -0.252. The van der Waals surface area contributed by atoms with Crippen LogP contribution in [-0.4, -0.2) is 35.2 Å². The van der Waals surface area contributed by atoms with E-state index in [0.29, 0.717) is 31.3 Å². The van der Waals surface area contributed by atoms with Gasteiger partial charge < -0.3 is 15.3 Å². The van der Waals surface area contributed by atoms with Gasteiger partial charge in [-0.15, -0.1) is 0 Å². The van der Waals surface area contributed by atoms with Crippen LogP contribution in [0.1, 0.15) is 26.2 Å². The van der Waals surface area contributed by atoms with E-state index in [-0.39, 0.29) is 5.91 Å². The lowest BCUT2D eigenvalue weighted by Crippen LogP contribution is -2.44. The van der Waals surface area contributed by atoms with Crippen LogP contribution < -0.4 is 10.2 Å². The number of rotatable bonds is 4. The van der Waals surface area contributed by atoms with Gasteiger partial charge in [-0.2, -0.15) is 13.2 Å². The first kappa shape index (κ1) is 17.3. The van der Waals surface area contributed by atoms with Gasteiger partial charge in [0.25, 0.3) is 0 Å². The highest BCUT2D eigenvalue weighted by Crippen LogP contribution is 2.33. The fraction of sp³-hybridized carbons (Fsp3) is 0.467. The second-order valence-electron chi connectivity index (χ2n) is 5.69. The number of benzene rings is 1. The number of hydrogen-bond donors (Lipinski definition) is 2. The maximum absolute atomic E-state index is 12.5. The number of aliphatic hydroxyl groups is 1. The van der Waals surface area contributed by atoms with Crippen LogP contribution in [0.2, 0.25) is 0 Å². The topological polar surface area (TPSA) is 69.6 Å². The monoisotopic (exact) mass is 330 g/mol. The highest BCUT2D eigenvalue weighted by Gasteiger charge is 2.50. The Morgan fingerprint density at radius 1 is 1.30 bits per heavy atom. The third-order valence-corrected chi connectivity index (χ3v) is 3.65. The first-order valence-electron chi connectivity index (χ1n) is 7.09. The molecule has 0 aromatic heterocycles. The van der Waals surface area contributed by atoms with Gasteiger partial charge in [0.05, 0.1) is 6.42 Å². The Hall–Kier alpha value is -2.09. The molecule has 1 atom stereocenters. The summed E-state index contributed by atoms with van der Waals surface area (Å²) < 4.78 is 37.6. The van der Waals surface area contributed by atoms with Gasteiger partial charge in [-0.25, -0.2) is 0 Å². The van der Waals surface area contributed by atoms with E-state index in [4.69, 9.17) is 0 Å². The number of nitrogens with one attached hydrogen (secondary N) is 1. The molecule has 23 heavy (non-hydrogen) atoms. The van der Waals surface area contributed by atoms with Crippen LogP contribution in [0.5, 0.6) is 0 Å². The van der Waals surface area contributed by atoms with Gasteiger partial charge in [0, 0.05) is 24.3 Å². The number of carbonyl (C=O) groups is 2. The van der Waals surface area contributed by atoms with Crippen molar-refractivity contribution in [2.75, 3.05) is 16.8 Å². The zero-order chi connectivity index (χ0) is 17.3. The van der Waals surface area contributed by atoms with Crippen molar-refractivity contribution in [3.05, 3.63) is 24.3 Å². The molecule has 1 aliphatic rings. The molecule has 1 saturated heterocycles. The first-order valence-corrected chi connectivity index (χ1v) is 7.09. The minimum Gasteiger partial charge on any atom is -0.380 e. The Labute approximate surface area is 131 Å². The molecule has 0 radical (unpaired) electrons. The van der Waals surface area contributed by atoms with Gasteiger partial charge in [0.15, 0.2) is 5.60 Å². The standard InChI is InChI=1S/C15H17F3N2O3/c1-14(23,15(16,17)18)9-12(21)19-10-4-6-11(7-5-10)20-8-2-3-13(20)22/h4-7,23H,2-3,8-9H2,1H3,(H,19,21)/t14-/m1/s1. The summed E-state index contributed by atoms with van der Waals surface area (Å²) in [6.45, 7) is 1.17. The molecule has 2 amide bonds. The summed E-state index contributed by atoms with van der Waals surface area (Å²) in [7, 11) is 0. The van der Waals surface area contributed by atoms with Gasteiger partial charge in [0.1, 0.15) is 0 Å². The number of carbonyl (C=O) groups excluding carboxylic acids is 2. The van der Waals surface area contributed by atoms with Crippen molar-refractivity contribution < 1.29 is 27.9 Å². The Morgan fingerprint density at radius 2 is 1.91 bits per heavy atom. The Bertz CT molecular complexity index is 597. The van der Waals surface area contributed by atoms with Gasteiger partial charge in [-0.3, -0.25) is 9.59 Å². The average Bonchev–Trinajstić information content (AvgIpc) is 2.84. The van der Waals surface area contributed by atoms with Crippen LogP contribution in [0, 0.1) is 0 Å². The zero-order valence-corrected chi connectivity index (χ0v) is 12.5. The van der Waals surface area contributed by atoms with Crippen molar-refractivity contribution in [1.82, 2.24) is 0 Å². The smallest absolute Gasteiger partial charge is 0.380 e. The third-order valence-electron chi connectivity index (χ3n) is 3.65. The van der Waals surface area contributed by atoms with Crippen LogP contribution in [0.15, 0.2) is 24.3 Å². The SMILES string of the molecule is C[C@@](O)(CC(=O)Nc1ccc(N2CCCC2=O)cc1)C(F)(F)F. The molecule has 0 unspecified atom stereocenters. The summed E-state index contributed by atoms with van der Waals surface area (Å²) in [6, 6.07) is 6.23. The van der Waals surface area contributed by atoms with Gasteiger partial charge in [-0.1, -0.05) is 0 Å². The lowest BCUT2D eigenvalue weighted by atomic mass is 10.0. The highest BCUT2D eigenvalue weighted by atomic mass is 19.4. The van der Waals surface area contributed by atoms with E-state index in [1.54, 1.807) is 17.0 Å². The van der Waals surface area contributed by atoms with Crippen LogP contribution >= 0.6 is 0 Å². The molecule has 0 spiro atoms. The summed E-state index contributed by atoms with van der Waals surface area (Å²) in [5.74, 6) is -0.930. The molecule has 1 aromatic carbocycles. The molecule has 1 aromatic rings. The number of hydrogen-bond acceptors (Lipinski definition) is 3. The summed E-state index contributed by atoms with van der Waals surface area (Å²) >= 11 is 0. The fourth-order valence-corrected chi connectivity index (χ4v) is 2.26. The number of alkyl halides is 3. The van der Waals surface area contributed by atoms with Crippen LogP contribution in [-0.2, 0) is 9.59 Å². The maximum atomic E-state index is 12.5. The van der Waals surface area contributed by atoms with Crippen molar-refractivity contribution in [2.24, 2.45) is 0 Å². The van der Waals surface area contributed by atoms with Crippen molar-refractivity contribution >= 4 is 23.2 Å². The molecule has 5 nitrogen and oxygen atoms in total. The van der Waals surface area contributed by atoms with Crippen molar-refractivity contribution in [3.8, 4) is 0 Å². The summed E-state index contributed by atoms with van der Waals surface area (Å²) in [6.07, 6.45) is -4.71. The van der Waals surface area contributed by atoms with E-state index in [0.717, 1.165) is 6.42 Å². The molecular weight excluding hydrogens is 313 g/mol. The number of anilines is 2. The molecule has 0 aliphatic carbocycles.